The van der Waals surface area contributed by atoms with E-state index >= 15 is 0 Å². The van der Waals surface area contributed by atoms with E-state index in [0.717, 1.165) is 17.4 Å². The van der Waals surface area contributed by atoms with Crippen LogP contribution in [0.15, 0.2) is 48.5 Å². The molecule has 0 fully saturated rings. The van der Waals surface area contributed by atoms with Crippen LogP contribution in [0.2, 0.25) is 0 Å². The third kappa shape index (κ3) is 7.84. The summed E-state index contributed by atoms with van der Waals surface area (Å²) in [6.45, 7) is 1.45. The van der Waals surface area contributed by atoms with Gasteiger partial charge in [-0.2, -0.15) is 0 Å². The van der Waals surface area contributed by atoms with Crippen LogP contribution in [0.25, 0.3) is 0 Å². The van der Waals surface area contributed by atoms with Gasteiger partial charge in [-0.1, -0.05) is 24.3 Å². The first kappa shape index (κ1) is 22.8. The van der Waals surface area contributed by atoms with Gasteiger partial charge in [0.05, 0.1) is 12.2 Å². The van der Waals surface area contributed by atoms with Crippen molar-refractivity contribution in [2.45, 2.75) is 32.8 Å². The van der Waals surface area contributed by atoms with Crippen molar-refractivity contribution in [3.8, 4) is 5.75 Å². The lowest BCUT2D eigenvalue weighted by Crippen LogP contribution is -2.24. The van der Waals surface area contributed by atoms with E-state index in [1.54, 1.807) is 36.4 Å². The minimum absolute atomic E-state index is 0.113. The van der Waals surface area contributed by atoms with Crippen molar-refractivity contribution in [2.75, 3.05) is 0 Å². The molecular formula is C22H23NO7. The van der Waals surface area contributed by atoms with E-state index in [9.17, 15) is 19.2 Å². The zero-order valence-corrected chi connectivity index (χ0v) is 16.5. The van der Waals surface area contributed by atoms with Crippen molar-refractivity contribution in [3.63, 3.8) is 0 Å². The van der Waals surface area contributed by atoms with E-state index in [1.807, 2.05) is 0 Å². The number of hydrogen-bond donors (Lipinski definition) is 2. The Bertz CT molecular complexity index is 875. The highest BCUT2D eigenvalue weighted by Gasteiger charge is 2.12. The second kappa shape index (κ2) is 11.5. The van der Waals surface area contributed by atoms with Gasteiger partial charge < -0.3 is 14.6 Å². The molecule has 0 aromatic heterocycles. The first-order valence-electron chi connectivity index (χ1n) is 9.33. The molecule has 1 amide bonds. The highest BCUT2D eigenvalue weighted by atomic mass is 16.6. The van der Waals surface area contributed by atoms with Crippen molar-refractivity contribution in [1.29, 1.82) is 0 Å². The number of hydroxylamine groups is 1. The monoisotopic (exact) mass is 413 g/mol. The molecule has 0 aliphatic heterocycles. The number of carboxylic acids is 1. The number of aldehydes is 1. The Labute approximate surface area is 173 Å². The Hall–Kier alpha value is -3.52. The largest absolute Gasteiger partial charge is 0.478 e. The Kier molecular flexibility index (Phi) is 8.71. The summed E-state index contributed by atoms with van der Waals surface area (Å²) < 4.78 is 4.93. The molecular weight excluding hydrogens is 390 g/mol. The van der Waals surface area contributed by atoms with Gasteiger partial charge in [0, 0.05) is 19.3 Å². The molecule has 8 nitrogen and oxygen atoms in total. The van der Waals surface area contributed by atoms with Crippen LogP contribution < -0.4 is 10.2 Å². The molecule has 0 saturated carbocycles. The molecule has 0 bridgehead atoms. The number of nitrogens with one attached hydrogen (secondary N) is 1. The summed E-state index contributed by atoms with van der Waals surface area (Å²) in [5.41, 5.74) is 4.12. The molecule has 30 heavy (non-hydrogen) atoms. The van der Waals surface area contributed by atoms with Crippen molar-refractivity contribution >= 4 is 24.1 Å². The number of benzene rings is 2. The van der Waals surface area contributed by atoms with Crippen LogP contribution in [0.1, 0.15) is 41.3 Å². The summed E-state index contributed by atoms with van der Waals surface area (Å²) in [6.07, 6.45) is 1.68. The summed E-state index contributed by atoms with van der Waals surface area (Å²) in [5.74, 6) is -1.70. The predicted octanol–water partition coefficient (Wildman–Crippen LogP) is 2.70. The number of carbonyl (C=O) groups excluding carboxylic acids is 3. The number of amides is 1. The molecule has 0 spiro atoms. The van der Waals surface area contributed by atoms with E-state index in [2.05, 4.69) is 5.48 Å². The highest BCUT2D eigenvalue weighted by molar-refractivity contribution is 5.87. The number of carbonyl (C=O) groups is 4. The van der Waals surface area contributed by atoms with Gasteiger partial charge in [0.2, 0.25) is 5.91 Å². The molecule has 1 unspecified atom stereocenters. The van der Waals surface area contributed by atoms with Crippen LogP contribution in [-0.4, -0.2) is 29.2 Å². The normalized spacial score (nSPS) is 11.4. The summed E-state index contributed by atoms with van der Waals surface area (Å²) in [5, 5.41) is 8.91. The van der Waals surface area contributed by atoms with Gasteiger partial charge in [-0.3, -0.25) is 14.4 Å². The minimum Gasteiger partial charge on any atom is -0.478 e. The van der Waals surface area contributed by atoms with Gasteiger partial charge in [-0.05, 0) is 48.2 Å². The summed E-state index contributed by atoms with van der Waals surface area (Å²) in [4.78, 5) is 50.1. The Balaban J connectivity index is 1.71. The fourth-order valence-electron chi connectivity index (χ4n) is 2.69. The number of rotatable bonds is 11. The summed E-state index contributed by atoms with van der Waals surface area (Å²) >= 11 is 0. The van der Waals surface area contributed by atoms with Crippen LogP contribution in [0.5, 0.6) is 5.75 Å². The molecule has 8 heteroatoms. The van der Waals surface area contributed by atoms with Gasteiger partial charge in [0.1, 0.15) is 12.0 Å². The lowest BCUT2D eigenvalue weighted by Gasteiger charge is -2.11. The van der Waals surface area contributed by atoms with Crippen LogP contribution in [-0.2, 0) is 32.2 Å². The second-order valence-corrected chi connectivity index (χ2v) is 6.69. The zero-order chi connectivity index (χ0) is 21.9. The lowest BCUT2D eigenvalue weighted by atomic mass is 9.95. The molecule has 0 saturated heterocycles. The first-order chi connectivity index (χ1) is 14.4. The van der Waals surface area contributed by atoms with Crippen LogP contribution in [0.4, 0.5) is 0 Å². The van der Waals surface area contributed by atoms with E-state index < -0.39 is 11.9 Å². The molecule has 1 atom stereocenters. The third-order valence-corrected chi connectivity index (χ3v) is 4.24. The lowest BCUT2D eigenvalue weighted by molar-refractivity contribution is -0.135. The molecule has 0 aliphatic carbocycles. The van der Waals surface area contributed by atoms with E-state index in [0.29, 0.717) is 18.6 Å². The number of esters is 1. The fourth-order valence-corrected chi connectivity index (χ4v) is 2.69. The zero-order valence-electron chi connectivity index (χ0n) is 16.5. The predicted molar refractivity (Wildman–Crippen MR) is 107 cm³/mol. The van der Waals surface area contributed by atoms with Crippen molar-refractivity contribution in [1.82, 2.24) is 5.48 Å². The number of hydrogen-bond acceptors (Lipinski definition) is 6. The molecule has 158 valence electrons. The third-order valence-electron chi connectivity index (χ3n) is 4.24. The smallest absolute Gasteiger partial charge is 0.335 e. The Morgan fingerprint density at radius 1 is 1.03 bits per heavy atom. The molecule has 2 rings (SSSR count). The number of ether oxygens (including phenoxy) is 1. The standard InChI is InChI=1S/C22H23NO7/c1-15(25)30-20-9-4-17(5-10-20)14-29-23-21(26)11-6-18(13-24)12-16-2-7-19(8-3-16)22(27)28/h2-5,7-10,13,18H,6,11-12,14H2,1H3,(H,23,26)(H,27,28). The van der Waals surface area contributed by atoms with E-state index in [1.165, 1.54) is 19.1 Å². The topological polar surface area (TPSA) is 119 Å². The average Bonchev–Trinajstić information content (AvgIpc) is 2.72. The van der Waals surface area contributed by atoms with E-state index in [-0.39, 0.29) is 30.4 Å². The summed E-state index contributed by atoms with van der Waals surface area (Å²) in [6, 6.07) is 13.0. The van der Waals surface area contributed by atoms with Crippen molar-refractivity contribution in [3.05, 3.63) is 65.2 Å². The average molecular weight is 413 g/mol. The van der Waals surface area contributed by atoms with Gasteiger partial charge in [0.25, 0.3) is 0 Å². The Morgan fingerprint density at radius 3 is 2.23 bits per heavy atom. The van der Waals surface area contributed by atoms with Gasteiger partial charge in [-0.25, -0.2) is 10.3 Å². The summed E-state index contributed by atoms with van der Waals surface area (Å²) in [7, 11) is 0. The van der Waals surface area contributed by atoms with Crippen LogP contribution in [0, 0.1) is 5.92 Å². The molecule has 0 radical (unpaired) electrons. The number of carboxylic acid groups (broad SMARTS) is 1. The highest BCUT2D eigenvalue weighted by Crippen LogP contribution is 2.15. The van der Waals surface area contributed by atoms with E-state index in [4.69, 9.17) is 14.7 Å². The van der Waals surface area contributed by atoms with Gasteiger partial charge in [-0.15, -0.1) is 0 Å². The minimum atomic E-state index is -1.01. The maximum atomic E-state index is 11.9. The van der Waals surface area contributed by atoms with Crippen molar-refractivity contribution in [2.24, 2.45) is 5.92 Å². The number of aromatic carboxylic acids is 1. The van der Waals surface area contributed by atoms with Crippen LogP contribution >= 0.6 is 0 Å². The fraction of sp³-hybridized carbons (Fsp3) is 0.273. The maximum Gasteiger partial charge on any atom is 0.335 e. The molecule has 0 heterocycles. The molecule has 0 aliphatic rings. The molecule has 2 aromatic carbocycles. The quantitative estimate of drug-likeness (QED) is 0.252. The van der Waals surface area contributed by atoms with Gasteiger partial charge >= 0.3 is 11.9 Å². The van der Waals surface area contributed by atoms with Crippen molar-refractivity contribution < 1.29 is 33.9 Å². The second-order valence-electron chi connectivity index (χ2n) is 6.69. The molecule has 2 aromatic rings. The Morgan fingerprint density at radius 2 is 1.67 bits per heavy atom. The van der Waals surface area contributed by atoms with Crippen LogP contribution in [0.3, 0.4) is 0 Å². The maximum absolute atomic E-state index is 11.9. The SMILES string of the molecule is CC(=O)Oc1ccc(CONC(=O)CCC(C=O)Cc2ccc(C(=O)O)cc2)cc1. The van der Waals surface area contributed by atoms with Gasteiger partial charge in [0.15, 0.2) is 0 Å². The first-order valence-corrected chi connectivity index (χ1v) is 9.33. The molecule has 2 N–H and O–H groups in total.